The van der Waals surface area contributed by atoms with Crippen LogP contribution in [0.15, 0.2) is 24.3 Å². The number of alkyl halides is 1. The van der Waals surface area contributed by atoms with Crippen molar-refractivity contribution in [1.82, 2.24) is 9.80 Å². The van der Waals surface area contributed by atoms with E-state index in [0.717, 1.165) is 9.80 Å². The van der Waals surface area contributed by atoms with Gasteiger partial charge in [-0.1, -0.05) is 12.1 Å². The molecule has 2 amide bonds. The molecule has 0 saturated carbocycles. The Morgan fingerprint density at radius 1 is 1.36 bits per heavy atom. The lowest BCUT2D eigenvalue weighted by molar-refractivity contribution is 0.0523. The maximum Gasteiger partial charge on any atom is 0.407 e. The smallest absolute Gasteiger partial charge is 0.407 e. The molecule has 0 spiro atoms. The summed E-state index contributed by atoms with van der Waals surface area (Å²) in [4.78, 5) is 24.6. The largest absolute Gasteiger partial charge is 0.465 e. The van der Waals surface area contributed by atoms with E-state index in [1.165, 1.54) is 24.3 Å². The zero-order chi connectivity index (χ0) is 16.3. The van der Waals surface area contributed by atoms with Crippen LogP contribution in [0.2, 0.25) is 0 Å². The van der Waals surface area contributed by atoms with Gasteiger partial charge in [-0.25, -0.2) is 13.6 Å². The van der Waals surface area contributed by atoms with Crippen molar-refractivity contribution in [3.8, 4) is 0 Å². The molecule has 0 bridgehead atoms. The number of amides is 2. The second-order valence-electron chi connectivity index (χ2n) is 5.11. The SMILES string of the molecule is O=C(O)N1CC[C@@H](N(Cc2ccc(F)cc2)C(=O)Cl)[C@@H](F)C1. The Labute approximate surface area is 131 Å². The van der Waals surface area contributed by atoms with E-state index in [-0.39, 0.29) is 26.1 Å². The van der Waals surface area contributed by atoms with Crippen LogP contribution in [0.5, 0.6) is 0 Å². The van der Waals surface area contributed by atoms with Gasteiger partial charge in [0.25, 0.3) is 0 Å². The summed E-state index contributed by atoms with van der Waals surface area (Å²) in [6.07, 6.45) is -2.55. The second-order valence-corrected chi connectivity index (χ2v) is 5.43. The van der Waals surface area contributed by atoms with Crippen molar-refractivity contribution in [2.45, 2.75) is 25.2 Å². The van der Waals surface area contributed by atoms with Gasteiger partial charge in [0, 0.05) is 13.1 Å². The first-order chi connectivity index (χ1) is 10.4. The third kappa shape index (κ3) is 3.85. The number of carbonyl (C=O) groups is 2. The van der Waals surface area contributed by atoms with Gasteiger partial charge in [-0.3, -0.25) is 4.79 Å². The molecule has 5 nitrogen and oxygen atoms in total. The average molecular weight is 333 g/mol. The highest BCUT2D eigenvalue weighted by Gasteiger charge is 2.36. The van der Waals surface area contributed by atoms with Gasteiger partial charge in [-0.05, 0) is 35.7 Å². The highest BCUT2D eigenvalue weighted by atomic mass is 35.5. The fraction of sp³-hybridized carbons (Fsp3) is 0.429. The molecule has 1 fully saturated rings. The normalized spacial score (nSPS) is 21.5. The number of piperidine rings is 1. The highest BCUT2D eigenvalue weighted by Crippen LogP contribution is 2.23. The third-order valence-electron chi connectivity index (χ3n) is 3.67. The predicted molar refractivity (Wildman–Crippen MR) is 76.1 cm³/mol. The first-order valence-corrected chi connectivity index (χ1v) is 7.08. The Morgan fingerprint density at radius 2 is 2.00 bits per heavy atom. The van der Waals surface area contributed by atoms with E-state index >= 15 is 0 Å². The van der Waals surface area contributed by atoms with Gasteiger partial charge in [-0.2, -0.15) is 0 Å². The quantitative estimate of drug-likeness (QED) is 0.683. The predicted octanol–water partition coefficient (Wildman–Crippen LogP) is 3.08. The van der Waals surface area contributed by atoms with Crippen molar-refractivity contribution in [3.05, 3.63) is 35.6 Å². The van der Waals surface area contributed by atoms with Crippen LogP contribution in [0, 0.1) is 5.82 Å². The highest BCUT2D eigenvalue weighted by molar-refractivity contribution is 6.62. The Hall–Kier alpha value is -1.89. The van der Waals surface area contributed by atoms with Crippen LogP contribution >= 0.6 is 11.6 Å². The van der Waals surface area contributed by atoms with Gasteiger partial charge in [0.05, 0.1) is 12.6 Å². The second kappa shape index (κ2) is 6.91. The fourth-order valence-corrected chi connectivity index (χ4v) is 2.70. The Kier molecular flexibility index (Phi) is 5.18. The molecule has 120 valence electrons. The third-order valence-corrected chi connectivity index (χ3v) is 3.89. The lowest BCUT2D eigenvalue weighted by Gasteiger charge is -2.38. The number of likely N-dealkylation sites (tertiary alicyclic amines) is 1. The average Bonchev–Trinajstić information content (AvgIpc) is 2.46. The van der Waals surface area contributed by atoms with Crippen molar-refractivity contribution in [2.24, 2.45) is 0 Å². The first kappa shape index (κ1) is 16.5. The summed E-state index contributed by atoms with van der Waals surface area (Å²) >= 11 is 5.54. The van der Waals surface area contributed by atoms with E-state index in [1.54, 1.807) is 0 Å². The molecule has 0 unspecified atom stereocenters. The summed E-state index contributed by atoms with van der Waals surface area (Å²) in [6, 6.07) is 4.66. The van der Waals surface area contributed by atoms with E-state index in [2.05, 4.69) is 0 Å². The van der Waals surface area contributed by atoms with Crippen LogP contribution in [0.3, 0.4) is 0 Å². The van der Waals surface area contributed by atoms with Crippen molar-refractivity contribution in [1.29, 1.82) is 0 Å². The van der Waals surface area contributed by atoms with E-state index in [0.29, 0.717) is 5.56 Å². The van der Waals surface area contributed by atoms with Gasteiger partial charge >= 0.3 is 11.5 Å². The van der Waals surface area contributed by atoms with E-state index in [9.17, 15) is 18.4 Å². The maximum atomic E-state index is 14.2. The van der Waals surface area contributed by atoms with Crippen molar-refractivity contribution >= 4 is 23.1 Å². The maximum absolute atomic E-state index is 14.2. The Balaban J connectivity index is 2.10. The molecule has 0 radical (unpaired) electrons. The molecule has 0 aromatic heterocycles. The first-order valence-electron chi connectivity index (χ1n) is 6.71. The number of hydrogen-bond donors (Lipinski definition) is 1. The molecule has 1 saturated heterocycles. The zero-order valence-corrected chi connectivity index (χ0v) is 12.3. The number of hydrogen-bond acceptors (Lipinski definition) is 2. The molecule has 0 aliphatic carbocycles. The van der Waals surface area contributed by atoms with E-state index in [1.807, 2.05) is 0 Å². The standard InChI is InChI=1S/C14H15ClF2N2O3/c15-13(20)19(7-9-1-3-10(16)4-2-9)12-5-6-18(14(21)22)8-11(12)17/h1-4,11-12H,5-8H2,(H,21,22)/t11-,12+/m0/s1. The Bertz CT molecular complexity index is 556. The molecule has 2 atom stereocenters. The molecule has 2 rings (SSSR count). The zero-order valence-electron chi connectivity index (χ0n) is 11.6. The molecule has 1 aliphatic rings. The summed E-state index contributed by atoms with van der Waals surface area (Å²) < 4.78 is 27.1. The van der Waals surface area contributed by atoms with E-state index in [4.69, 9.17) is 16.7 Å². The van der Waals surface area contributed by atoms with Gasteiger partial charge in [0.15, 0.2) is 0 Å². The number of benzene rings is 1. The number of nitrogens with zero attached hydrogens (tertiary/aromatic N) is 2. The summed E-state index contributed by atoms with van der Waals surface area (Å²) in [5.41, 5.74) is 0.614. The molecule has 1 aliphatic heterocycles. The van der Waals surface area contributed by atoms with Crippen molar-refractivity contribution < 1.29 is 23.5 Å². The number of rotatable bonds is 3. The summed E-state index contributed by atoms with van der Waals surface area (Å²) in [5, 5.41) is 8.05. The topological polar surface area (TPSA) is 60.9 Å². The molecular weight excluding hydrogens is 318 g/mol. The number of carboxylic acid groups (broad SMARTS) is 1. The van der Waals surface area contributed by atoms with Crippen LogP contribution in [-0.4, -0.2) is 51.7 Å². The van der Waals surface area contributed by atoms with Crippen LogP contribution < -0.4 is 0 Å². The minimum Gasteiger partial charge on any atom is -0.465 e. The van der Waals surface area contributed by atoms with Gasteiger partial charge < -0.3 is 14.9 Å². The van der Waals surface area contributed by atoms with Crippen molar-refractivity contribution in [3.63, 3.8) is 0 Å². The lowest BCUT2D eigenvalue weighted by Crippen LogP contribution is -2.54. The number of carbonyl (C=O) groups excluding carboxylic acids is 1. The lowest BCUT2D eigenvalue weighted by atomic mass is 10.0. The molecule has 1 aromatic rings. The summed E-state index contributed by atoms with van der Waals surface area (Å²) in [5.74, 6) is -0.411. The molecule has 1 N–H and O–H groups in total. The van der Waals surface area contributed by atoms with Crippen LogP contribution in [0.4, 0.5) is 18.4 Å². The number of halogens is 3. The summed E-state index contributed by atoms with van der Waals surface area (Å²) in [6.45, 7) is -0.130. The van der Waals surface area contributed by atoms with Crippen LogP contribution in [-0.2, 0) is 6.54 Å². The fourth-order valence-electron chi connectivity index (χ4n) is 2.51. The molecule has 1 aromatic carbocycles. The van der Waals surface area contributed by atoms with Gasteiger partial charge in [-0.15, -0.1) is 0 Å². The van der Waals surface area contributed by atoms with Gasteiger partial charge in [0.2, 0.25) is 0 Å². The molecule has 22 heavy (non-hydrogen) atoms. The summed E-state index contributed by atoms with van der Waals surface area (Å²) in [7, 11) is 0. The van der Waals surface area contributed by atoms with Crippen LogP contribution in [0.1, 0.15) is 12.0 Å². The molecular formula is C14H15ClF2N2O3. The monoisotopic (exact) mass is 332 g/mol. The Morgan fingerprint density at radius 3 is 2.50 bits per heavy atom. The molecule has 1 heterocycles. The minimum atomic E-state index is -1.52. The van der Waals surface area contributed by atoms with Gasteiger partial charge in [0.1, 0.15) is 12.0 Å². The molecule has 8 heteroatoms. The van der Waals surface area contributed by atoms with Crippen molar-refractivity contribution in [2.75, 3.05) is 13.1 Å². The minimum absolute atomic E-state index is 0.0424. The van der Waals surface area contributed by atoms with E-state index < -0.39 is 29.5 Å². The van der Waals surface area contributed by atoms with Crippen LogP contribution in [0.25, 0.3) is 0 Å².